The number of rotatable bonds is 4. The number of anilines is 2. The summed E-state index contributed by atoms with van der Waals surface area (Å²) in [7, 11) is 0. The summed E-state index contributed by atoms with van der Waals surface area (Å²) in [6, 6.07) is 12.1. The Morgan fingerprint density at radius 1 is 1.00 bits per heavy atom. The highest BCUT2D eigenvalue weighted by atomic mass is 16.1. The molecule has 3 nitrogen and oxygen atoms in total. The number of nitrogens with one attached hydrogen (secondary N) is 2. The summed E-state index contributed by atoms with van der Waals surface area (Å²) < 4.78 is 0. The number of benzene rings is 2. The van der Waals surface area contributed by atoms with Crippen LogP contribution in [-0.2, 0) is 4.79 Å². The highest BCUT2D eigenvalue weighted by Crippen LogP contribution is 2.18. The van der Waals surface area contributed by atoms with E-state index in [1.54, 1.807) is 0 Å². The Balaban J connectivity index is 1.97. The molecule has 0 aliphatic heterocycles. The number of hydrogen-bond acceptors (Lipinski definition) is 2. The molecule has 0 radical (unpaired) electrons. The van der Waals surface area contributed by atoms with Crippen molar-refractivity contribution in [1.82, 2.24) is 0 Å². The molecule has 21 heavy (non-hydrogen) atoms. The Morgan fingerprint density at radius 3 is 2.33 bits per heavy atom. The molecule has 0 saturated carbocycles. The van der Waals surface area contributed by atoms with E-state index >= 15 is 0 Å². The van der Waals surface area contributed by atoms with E-state index in [2.05, 4.69) is 36.6 Å². The first-order valence-corrected chi connectivity index (χ1v) is 7.14. The third-order valence-electron chi connectivity index (χ3n) is 3.55. The van der Waals surface area contributed by atoms with Gasteiger partial charge in [-0.05, 0) is 68.1 Å². The minimum Gasteiger partial charge on any atom is -0.376 e. The van der Waals surface area contributed by atoms with E-state index in [1.165, 1.54) is 11.1 Å². The van der Waals surface area contributed by atoms with Crippen LogP contribution in [0, 0.1) is 27.7 Å². The van der Waals surface area contributed by atoms with E-state index in [4.69, 9.17) is 0 Å². The van der Waals surface area contributed by atoms with E-state index in [9.17, 15) is 4.79 Å². The Bertz CT molecular complexity index is 642. The second-order valence-electron chi connectivity index (χ2n) is 5.53. The van der Waals surface area contributed by atoms with Crippen molar-refractivity contribution in [2.45, 2.75) is 27.7 Å². The molecule has 0 aromatic heterocycles. The van der Waals surface area contributed by atoms with Crippen LogP contribution < -0.4 is 10.6 Å². The summed E-state index contributed by atoms with van der Waals surface area (Å²) in [4.78, 5) is 12.0. The zero-order valence-electron chi connectivity index (χ0n) is 13.1. The topological polar surface area (TPSA) is 41.1 Å². The summed E-state index contributed by atoms with van der Waals surface area (Å²) in [5.74, 6) is -0.0408. The van der Waals surface area contributed by atoms with E-state index in [-0.39, 0.29) is 12.5 Å². The number of carbonyl (C=O) groups is 1. The van der Waals surface area contributed by atoms with Gasteiger partial charge in [-0.15, -0.1) is 0 Å². The van der Waals surface area contributed by atoms with E-state index in [1.807, 2.05) is 38.1 Å². The summed E-state index contributed by atoms with van der Waals surface area (Å²) in [5, 5.41) is 6.12. The van der Waals surface area contributed by atoms with Crippen LogP contribution in [-0.4, -0.2) is 12.5 Å². The Kier molecular flexibility index (Phi) is 4.63. The van der Waals surface area contributed by atoms with Gasteiger partial charge in [0.1, 0.15) is 0 Å². The number of amides is 1. The lowest BCUT2D eigenvalue weighted by molar-refractivity contribution is -0.114. The fraction of sp³-hybridized carbons (Fsp3) is 0.278. The molecule has 1 amide bonds. The van der Waals surface area contributed by atoms with Gasteiger partial charge in [-0.3, -0.25) is 4.79 Å². The van der Waals surface area contributed by atoms with E-state index < -0.39 is 0 Å². The molecule has 0 heterocycles. The Morgan fingerprint density at radius 2 is 1.67 bits per heavy atom. The van der Waals surface area contributed by atoms with Crippen LogP contribution in [0.25, 0.3) is 0 Å². The number of carbonyl (C=O) groups excluding carboxylic acids is 1. The van der Waals surface area contributed by atoms with Crippen LogP contribution in [0.15, 0.2) is 36.4 Å². The van der Waals surface area contributed by atoms with Gasteiger partial charge in [-0.1, -0.05) is 18.2 Å². The molecule has 0 aliphatic carbocycles. The SMILES string of the molecule is Cc1cc(C)cc(NC(=O)CNc2cccc(C)c2C)c1. The van der Waals surface area contributed by atoms with Crippen molar-refractivity contribution in [3.05, 3.63) is 58.7 Å². The summed E-state index contributed by atoms with van der Waals surface area (Å²) in [6.07, 6.45) is 0. The van der Waals surface area contributed by atoms with Gasteiger partial charge in [0.25, 0.3) is 0 Å². The quantitative estimate of drug-likeness (QED) is 0.891. The maximum absolute atomic E-state index is 12.0. The predicted molar refractivity (Wildman–Crippen MR) is 89.0 cm³/mol. The van der Waals surface area contributed by atoms with Crippen molar-refractivity contribution in [1.29, 1.82) is 0 Å². The maximum atomic E-state index is 12.0. The first kappa shape index (κ1) is 15.1. The molecule has 0 spiro atoms. The smallest absolute Gasteiger partial charge is 0.243 e. The molecule has 2 aromatic carbocycles. The minimum atomic E-state index is -0.0408. The van der Waals surface area contributed by atoms with Crippen LogP contribution in [0.5, 0.6) is 0 Å². The molecule has 0 aliphatic rings. The zero-order chi connectivity index (χ0) is 15.4. The minimum absolute atomic E-state index is 0.0408. The van der Waals surface area contributed by atoms with Crippen molar-refractivity contribution in [3.8, 4) is 0 Å². The van der Waals surface area contributed by atoms with Crippen molar-refractivity contribution >= 4 is 17.3 Å². The van der Waals surface area contributed by atoms with Gasteiger partial charge in [0.2, 0.25) is 5.91 Å². The summed E-state index contributed by atoms with van der Waals surface area (Å²) >= 11 is 0. The van der Waals surface area contributed by atoms with Gasteiger partial charge in [-0.25, -0.2) is 0 Å². The molecule has 0 bridgehead atoms. The lowest BCUT2D eigenvalue weighted by atomic mass is 10.1. The van der Waals surface area contributed by atoms with Gasteiger partial charge in [-0.2, -0.15) is 0 Å². The molecular weight excluding hydrogens is 260 g/mol. The lowest BCUT2D eigenvalue weighted by Gasteiger charge is -2.12. The predicted octanol–water partition coefficient (Wildman–Crippen LogP) is 3.97. The molecule has 2 N–H and O–H groups in total. The molecule has 0 saturated heterocycles. The third kappa shape index (κ3) is 4.09. The second-order valence-corrected chi connectivity index (χ2v) is 5.53. The van der Waals surface area contributed by atoms with E-state index in [0.717, 1.165) is 22.5 Å². The first-order chi connectivity index (χ1) is 9.95. The van der Waals surface area contributed by atoms with Gasteiger partial charge in [0.15, 0.2) is 0 Å². The van der Waals surface area contributed by atoms with Gasteiger partial charge in [0.05, 0.1) is 6.54 Å². The molecule has 2 aromatic rings. The van der Waals surface area contributed by atoms with Crippen molar-refractivity contribution in [3.63, 3.8) is 0 Å². The number of hydrogen-bond donors (Lipinski definition) is 2. The van der Waals surface area contributed by atoms with Gasteiger partial charge >= 0.3 is 0 Å². The fourth-order valence-corrected chi connectivity index (χ4v) is 2.37. The molecule has 2 rings (SSSR count). The Labute approximate surface area is 126 Å². The second kappa shape index (κ2) is 6.44. The largest absolute Gasteiger partial charge is 0.376 e. The average Bonchev–Trinajstić information content (AvgIpc) is 2.39. The van der Waals surface area contributed by atoms with E-state index in [0.29, 0.717) is 0 Å². The molecule has 3 heteroatoms. The van der Waals surface area contributed by atoms with Crippen molar-refractivity contribution in [2.24, 2.45) is 0 Å². The van der Waals surface area contributed by atoms with Crippen molar-refractivity contribution < 1.29 is 4.79 Å². The Hall–Kier alpha value is -2.29. The zero-order valence-corrected chi connectivity index (χ0v) is 13.1. The fourth-order valence-electron chi connectivity index (χ4n) is 2.37. The van der Waals surface area contributed by atoms with Gasteiger partial charge in [0, 0.05) is 11.4 Å². The summed E-state index contributed by atoms with van der Waals surface area (Å²) in [5.41, 5.74) is 6.54. The normalized spacial score (nSPS) is 10.3. The van der Waals surface area contributed by atoms with Crippen LogP contribution >= 0.6 is 0 Å². The molecule has 0 fully saturated rings. The van der Waals surface area contributed by atoms with Crippen LogP contribution in [0.2, 0.25) is 0 Å². The lowest BCUT2D eigenvalue weighted by Crippen LogP contribution is -2.22. The maximum Gasteiger partial charge on any atom is 0.243 e. The standard InChI is InChI=1S/C18H22N2O/c1-12-8-13(2)10-16(9-12)20-18(21)11-19-17-7-5-6-14(3)15(17)4/h5-10,19H,11H2,1-4H3,(H,20,21). The highest BCUT2D eigenvalue weighted by Gasteiger charge is 2.05. The van der Waals surface area contributed by atoms with Crippen LogP contribution in [0.3, 0.4) is 0 Å². The molecule has 0 unspecified atom stereocenters. The third-order valence-corrected chi connectivity index (χ3v) is 3.55. The monoisotopic (exact) mass is 282 g/mol. The summed E-state index contributed by atoms with van der Waals surface area (Å²) in [6.45, 7) is 8.43. The average molecular weight is 282 g/mol. The highest BCUT2D eigenvalue weighted by molar-refractivity contribution is 5.94. The van der Waals surface area contributed by atoms with Gasteiger partial charge < -0.3 is 10.6 Å². The van der Waals surface area contributed by atoms with Crippen LogP contribution in [0.4, 0.5) is 11.4 Å². The number of aryl methyl sites for hydroxylation is 3. The molecular formula is C18H22N2O. The van der Waals surface area contributed by atoms with Crippen LogP contribution in [0.1, 0.15) is 22.3 Å². The van der Waals surface area contributed by atoms with Crippen molar-refractivity contribution in [2.75, 3.05) is 17.2 Å². The molecule has 0 atom stereocenters. The molecule has 110 valence electrons. The first-order valence-electron chi connectivity index (χ1n) is 7.14.